The number of aromatic nitrogens is 2. The fourth-order valence-electron chi connectivity index (χ4n) is 1.28. The van der Waals surface area contributed by atoms with Crippen molar-refractivity contribution in [3.05, 3.63) is 26.4 Å². The van der Waals surface area contributed by atoms with Crippen molar-refractivity contribution in [1.29, 1.82) is 0 Å². The molecule has 2 heterocycles. The third kappa shape index (κ3) is 3.41. The summed E-state index contributed by atoms with van der Waals surface area (Å²) in [6.07, 6.45) is 0.765. The average Bonchev–Trinajstić information content (AvgIpc) is 2.98. The molecule has 0 unspecified atom stereocenters. The van der Waals surface area contributed by atoms with Crippen LogP contribution in [0.3, 0.4) is 0 Å². The van der Waals surface area contributed by atoms with Gasteiger partial charge in [-0.1, -0.05) is 22.9 Å². The number of hydrogen-bond acceptors (Lipinski definition) is 6. The average molecular weight is 303 g/mol. The SMILES string of the molecule is CNc1nnc(C(=O)NCCc2ccc(Cl)s2)s1. The number of hydrogen-bond donors (Lipinski definition) is 2. The van der Waals surface area contributed by atoms with E-state index in [1.165, 1.54) is 22.7 Å². The second-order valence-electron chi connectivity index (χ2n) is 3.37. The molecule has 2 aromatic rings. The van der Waals surface area contributed by atoms with E-state index < -0.39 is 0 Å². The molecule has 0 aromatic carbocycles. The first-order valence-electron chi connectivity index (χ1n) is 5.22. The summed E-state index contributed by atoms with van der Waals surface area (Å²) < 4.78 is 0.763. The van der Waals surface area contributed by atoms with Crippen molar-refractivity contribution in [2.24, 2.45) is 0 Å². The van der Waals surface area contributed by atoms with Gasteiger partial charge in [-0.3, -0.25) is 4.79 Å². The number of amides is 1. The van der Waals surface area contributed by atoms with Crippen molar-refractivity contribution in [3.8, 4) is 0 Å². The third-order valence-electron chi connectivity index (χ3n) is 2.12. The molecule has 2 aromatic heterocycles. The van der Waals surface area contributed by atoms with Crippen LogP contribution < -0.4 is 10.6 Å². The number of nitrogens with zero attached hydrogens (tertiary/aromatic N) is 2. The summed E-state index contributed by atoms with van der Waals surface area (Å²) in [6, 6.07) is 3.82. The van der Waals surface area contributed by atoms with E-state index in [-0.39, 0.29) is 5.91 Å². The van der Waals surface area contributed by atoms with Crippen molar-refractivity contribution in [2.45, 2.75) is 6.42 Å². The van der Waals surface area contributed by atoms with Crippen LogP contribution in [0.5, 0.6) is 0 Å². The number of nitrogens with one attached hydrogen (secondary N) is 2. The first kappa shape index (κ1) is 13.3. The van der Waals surface area contributed by atoms with Crippen LogP contribution in [0.4, 0.5) is 5.13 Å². The lowest BCUT2D eigenvalue weighted by molar-refractivity contribution is 0.0953. The third-order valence-corrected chi connectivity index (χ3v) is 4.35. The highest BCUT2D eigenvalue weighted by Gasteiger charge is 2.11. The predicted octanol–water partition coefficient (Wildman–Crippen LogP) is 2.27. The number of anilines is 1. The van der Waals surface area contributed by atoms with Gasteiger partial charge < -0.3 is 10.6 Å². The molecule has 0 radical (unpaired) electrons. The van der Waals surface area contributed by atoms with Crippen LogP contribution in [0.15, 0.2) is 12.1 Å². The van der Waals surface area contributed by atoms with E-state index in [2.05, 4.69) is 20.8 Å². The highest BCUT2D eigenvalue weighted by atomic mass is 35.5. The lowest BCUT2D eigenvalue weighted by Crippen LogP contribution is -2.25. The number of carbonyl (C=O) groups is 1. The number of carbonyl (C=O) groups excluding carboxylic acids is 1. The summed E-state index contributed by atoms with van der Waals surface area (Å²) in [6.45, 7) is 0.560. The number of rotatable bonds is 5. The lowest BCUT2D eigenvalue weighted by Gasteiger charge is -2.00. The second kappa shape index (κ2) is 6.12. The smallest absolute Gasteiger partial charge is 0.282 e. The van der Waals surface area contributed by atoms with E-state index in [1.807, 2.05) is 12.1 Å². The largest absolute Gasteiger partial charge is 0.363 e. The van der Waals surface area contributed by atoms with E-state index in [1.54, 1.807) is 7.05 Å². The van der Waals surface area contributed by atoms with Gasteiger partial charge in [0.25, 0.3) is 5.91 Å². The molecule has 96 valence electrons. The Balaban J connectivity index is 1.81. The lowest BCUT2D eigenvalue weighted by atomic mass is 10.3. The van der Waals surface area contributed by atoms with Crippen LogP contribution in [0.2, 0.25) is 4.34 Å². The Morgan fingerprint density at radius 2 is 2.22 bits per heavy atom. The number of thiophene rings is 1. The van der Waals surface area contributed by atoms with E-state index in [0.29, 0.717) is 16.7 Å². The van der Waals surface area contributed by atoms with Gasteiger partial charge in [0.05, 0.1) is 4.34 Å². The maximum Gasteiger partial charge on any atom is 0.282 e. The van der Waals surface area contributed by atoms with Gasteiger partial charge in [0.15, 0.2) is 0 Å². The van der Waals surface area contributed by atoms with Crippen LogP contribution in [0, 0.1) is 0 Å². The van der Waals surface area contributed by atoms with E-state index in [9.17, 15) is 4.79 Å². The maximum absolute atomic E-state index is 11.7. The molecule has 0 saturated carbocycles. The molecule has 0 atom stereocenters. The molecule has 2 N–H and O–H groups in total. The Bertz CT molecular complexity index is 539. The van der Waals surface area contributed by atoms with Crippen molar-refractivity contribution >= 4 is 45.3 Å². The molecule has 0 aliphatic carbocycles. The normalized spacial score (nSPS) is 10.3. The molecule has 1 amide bonds. The molecule has 0 bridgehead atoms. The monoisotopic (exact) mass is 302 g/mol. The Labute approximate surface area is 117 Å². The Hall–Kier alpha value is -1.18. The molecule has 0 saturated heterocycles. The highest BCUT2D eigenvalue weighted by molar-refractivity contribution is 7.17. The van der Waals surface area contributed by atoms with Crippen LogP contribution in [-0.2, 0) is 6.42 Å². The van der Waals surface area contributed by atoms with Crippen molar-refractivity contribution in [1.82, 2.24) is 15.5 Å². The maximum atomic E-state index is 11.7. The summed E-state index contributed by atoms with van der Waals surface area (Å²) in [4.78, 5) is 12.9. The van der Waals surface area contributed by atoms with Gasteiger partial charge >= 0.3 is 0 Å². The Kier molecular flexibility index (Phi) is 4.51. The van der Waals surface area contributed by atoms with Crippen molar-refractivity contribution in [3.63, 3.8) is 0 Å². The quantitative estimate of drug-likeness (QED) is 0.889. The topological polar surface area (TPSA) is 66.9 Å². The van der Waals surface area contributed by atoms with E-state index >= 15 is 0 Å². The first-order chi connectivity index (χ1) is 8.69. The standard InChI is InChI=1S/C10H11ClN4OS2/c1-12-10-15-14-9(18-10)8(16)13-5-4-6-2-3-7(11)17-6/h2-3H,4-5H2,1H3,(H,12,15)(H,13,16). The highest BCUT2D eigenvalue weighted by Crippen LogP contribution is 2.21. The van der Waals surface area contributed by atoms with E-state index in [4.69, 9.17) is 11.6 Å². The summed E-state index contributed by atoms with van der Waals surface area (Å²) in [5, 5.41) is 14.2. The van der Waals surface area contributed by atoms with Gasteiger partial charge in [-0.25, -0.2) is 0 Å². The zero-order chi connectivity index (χ0) is 13.0. The van der Waals surface area contributed by atoms with Gasteiger partial charge in [0.2, 0.25) is 10.1 Å². The van der Waals surface area contributed by atoms with Gasteiger partial charge in [-0.15, -0.1) is 21.5 Å². The summed E-state index contributed by atoms with van der Waals surface area (Å²) in [5.74, 6) is -0.198. The molecule has 0 aliphatic rings. The molecule has 0 aliphatic heterocycles. The molecule has 5 nitrogen and oxygen atoms in total. The Morgan fingerprint density at radius 1 is 1.39 bits per heavy atom. The molecular weight excluding hydrogens is 292 g/mol. The predicted molar refractivity (Wildman–Crippen MR) is 74.8 cm³/mol. The molecule has 2 rings (SSSR count). The summed E-state index contributed by atoms with van der Waals surface area (Å²) >= 11 is 8.57. The fraction of sp³-hybridized carbons (Fsp3) is 0.300. The van der Waals surface area contributed by atoms with Crippen LogP contribution in [0.25, 0.3) is 0 Å². The molecule has 0 fully saturated rings. The minimum Gasteiger partial charge on any atom is -0.363 e. The molecule has 18 heavy (non-hydrogen) atoms. The van der Waals surface area contributed by atoms with Crippen LogP contribution in [0.1, 0.15) is 14.7 Å². The zero-order valence-electron chi connectivity index (χ0n) is 9.57. The van der Waals surface area contributed by atoms with Crippen molar-refractivity contribution in [2.75, 3.05) is 18.9 Å². The first-order valence-corrected chi connectivity index (χ1v) is 7.24. The second-order valence-corrected chi connectivity index (χ2v) is 6.15. The Morgan fingerprint density at radius 3 is 2.83 bits per heavy atom. The van der Waals surface area contributed by atoms with Gasteiger partial charge in [-0.2, -0.15) is 0 Å². The molecular formula is C10H11ClN4OS2. The van der Waals surface area contributed by atoms with Gasteiger partial charge in [-0.05, 0) is 18.6 Å². The van der Waals surface area contributed by atoms with E-state index in [0.717, 1.165) is 15.6 Å². The van der Waals surface area contributed by atoms with Crippen LogP contribution in [-0.4, -0.2) is 29.7 Å². The minimum atomic E-state index is -0.198. The van der Waals surface area contributed by atoms with Crippen molar-refractivity contribution < 1.29 is 4.79 Å². The van der Waals surface area contributed by atoms with Crippen LogP contribution >= 0.6 is 34.3 Å². The molecule has 8 heteroatoms. The van der Waals surface area contributed by atoms with Gasteiger partial charge in [0.1, 0.15) is 0 Å². The fourth-order valence-corrected chi connectivity index (χ4v) is 2.98. The summed E-state index contributed by atoms with van der Waals surface area (Å²) in [5.41, 5.74) is 0. The van der Waals surface area contributed by atoms with Gasteiger partial charge in [0, 0.05) is 18.5 Å². The zero-order valence-corrected chi connectivity index (χ0v) is 12.0. The minimum absolute atomic E-state index is 0.198. The molecule has 0 spiro atoms. The summed E-state index contributed by atoms with van der Waals surface area (Å²) in [7, 11) is 1.74. The number of halogens is 1.